The standard InChI is InChI=1S/C19H20Cl2N2O2/c1-14(24)23(12-10-15-2-4-16(20)5-3-15)13-11-19(25)22-18-8-6-17(21)7-9-18/h2-9H,10-13H2,1H3,(H,22,25). The van der Waals surface area contributed by atoms with Crippen LogP contribution < -0.4 is 5.32 Å². The van der Waals surface area contributed by atoms with Crippen molar-refractivity contribution in [1.29, 1.82) is 0 Å². The molecule has 1 N–H and O–H groups in total. The van der Waals surface area contributed by atoms with Gasteiger partial charge in [0.05, 0.1) is 0 Å². The number of benzene rings is 2. The van der Waals surface area contributed by atoms with Gasteiger partial charge in [0.25, 0.3) is 0 Å². The van der Waals surface area contributed by atoms with Crippen LogP contribution in [0.3, 0.4) is 0 Å². The Labute approximate surface area is 157 Å². The number of carbonyl (C=O) groups excluding carboxylic acids is 2. The molecule has 0 spiro atoms. The molecule has 2 aromatic rings. The van der Waals surface area contributed by atoms with Crippen molar-refractivity contribution in [1.82, 2.24) is 4.90 Å². The lowest BCUT2D eigenvalue weighted by atomic mass is 10.1. The third-order valence-electron chi connectivity index (χ3n) is 3.77. The van der Waals surface area contributed by atoms with Crippen molar-refractivity contribution in [2.75, 3.05) is 18.4 Å². The second-order valence-electron chi connectivity index (χ2n) is 5.69. The average Bonchev–Trinajstić information content (AvgIpc) is 2.58. The highest BCUT2D eigenvalue weighted by atomic mass is 35.5. The van der Waals surface area contributed by atoms with Crippen LogP contribution in [0.1, 0.15) is 18.9 Å². The number of nitrogens with zero attached hydrogens (tertiary/aromatic N) is 1. The number of nitrogens with one attached hydrogen (secondary N) is 1. The van der Waals surface area contributed by atoms with Crippen molar-refractivity contribution in [3.8, 4) is 0 Å². The molecule has 0 aliphatic heterocycles. The maximum atomic E-state index is 12.0. The van der Waals surface area contributed by atoms with Gasteiger partial charge in [-0.1, -0.05) is 35.3 Å². The molecule has 2 aromatic carbocycles. The molecular weight excluding hydrogens is 359 g/mol. The molecule has 4 nitrogen and oxygen atoms in total. The molecule has 0 fully saturated rings. The fraction of sp³-hybridized carbons (Fsp3) is 0.263. The van der Waals surface area contributed by atoms with Crippen LogP contribution >= 0.6 is 23.2 Å². The van der Waals surface area contributed by atoms with Crippen molar-refractivity contribution in [3.63, 3.8) is 0 Å². The highest BCUT2D eigenvalue weighted by molar-refractivity contribution is 6.30. The summed E-state index contributed by atoms with van der Waals surface area (Å²) in [7, 11) is 0. The van der Waals surface area contributed by atoms with Gasteiger partial charge in [0.1, 0.15) is 0 Å². The Morgan fingerprint density at radius 2 is 1.48 bits per heavy atom. The molecule has 0 saturated carbocycles. The van der Waals surface area contributed by atoms with E-state index >= 15 is 0 Å². The Kier molecular flexibility index (Phi) is 7.29. The summed E-state index contributed by atoms with van der Waals surface area (Å²) in [5.41, 5.74) is 1.78. The lowest BCUT2D eigenvalue weighted by molar-refractivity contribution is -0.129. The summed E-state index contributed by atoms with van der Waals surface area (Å²) in [6.45, 7) is 2.45. The smallest absolute Gasteiger partial charge is 0.226 e. The number of amides is 2. The van der Waals surface area contributed by atoms with Crippen LogP contribution in [0.15, 0.2) is 48.5 Å². The van der Waals surface area contributed by atoms with E-state index in [1.54, 1.807) is 29.2 Å². The van der Waals surface area contributed by atoms with Crippen molar-refractivity contribution in [2.24, 2.45) is 0 Å². The van der Waals surface area contributed by atoms with Gasteiger partial charge >= 0.3 is 0 Å². The Balaban J connectivity index is 1.82. The van der Waals surface area contributed by atoms with Gasteiger partial charge in [-0.15, -0.1) is 0 Å². The molecule has 25 heavy (non-hydrogen) atoms. The van der Waals surface area contributed by atoms with Gasteiger partial charge in [0, 0.05) is 42.2 Å². The molecule has 0 aromatic heterocycles. The van der Waals surface area contributed by atoms with E-state index in [4.69, 9.17) is 23.2 Å². The Bertz CT molecular complexity index is 715. The third-order valence-corrected chi connectivity index (χ3v) is 4.27. The highest BCUT2D eigenvalue weighted by Gasteiger charge is 2.11. The van der Waals surface area contributed by atoms with Crippen molar-refractivity contribution < 1.29 is 9.59 Å². The third kappa shape index (κ3) is 6.77. The second-order valence-corrected chi connectivity index (χ2v) is 6.56. The van der Waals surface area contributed by atoms with Crippen LogP contribution in [0.5, 0.6) is 0 Å². The first-order valence-corrected chi connectivity index (χ1v) is 8.75. The predicted molar refractivity (Wildman–Crippen MR) is 102 cm³/mol. The Morgan fingerprint density at radius 1 is 0.920 bits per heavy atom. The monoisotopic (exact) mass is 378 g/mol. The molecule has 132 valence electrons. The minimum atomic E-state index is -0.139. The van der Waals surface area contributed by atoms with Crippen LogP contribution in [0, 0.1) is 0 Å². The Morgan fingerprint density at radius 3 is 2.04 bits per heavy atom. The second kappa shape index (κ2) is 9.44. The molecular formula is C19H20Cl2N2O2. The number of hydrogen-bond acceptors (Lipinski definition) is 2. The van der Waals surface area contributed by atoms with E-state index in [9.17, 15) is 9.59 Å². The number of carbonyl (C=O) groups is 2. The van der Waals surface area contributed by atoms with Crippen LogP contribution in [-0.2, 0) is 16.0 Å². The van der Waals surface area contributed by atoms with Crippen molar-refractivity contribution in [2.45, 2.75) is 19.8 Å². The fourth-order valence-electron chi connectivity index (χ4n) is 2.34. The van der Waals surface area contributed by atoms with E-state index in [2.05, 4.69) is 5.32 Å². The molecule has 0 aliphatic rings. The molecule has 0 bridgehead atoms. The molecule has 2 amide bonds. The van der Waals surface area contributed by atoms with E-state index in [1.165, 1.54) is 6.92 Å². The van der Waals surface area contributed by atoms with Gasteiger partial charge in [-0.05, 0) is 48.4 Å². The number of hydrogen-bond donors (Lipinski definition) is 1. The molecule has 2 rings (SSSR count). The first-order chi connectivity index (χ1) is 11.9. The molecule has 6 heteroatoms. The first kappa shape index (κ1) is 19.3. The lowest BCUT2D eigenvalue weighted by Crippen LogP contribution is -2.33. The van der Waals surface area contributed by atoms with E-state index in [0.29, 0.717) is 28.8 Å². The zero-order chi connectivity index (χ0) is 18.2. The van der Waals surface area contributed by atoms with E-state index in [-0.39, 0.29) is 18.2 Å². The van der Waals surface area contributed by atoms with Crippen molar-refractivity contribution in [3.05, 3.63) is 64.1 Å². The quantitative estimate of drug-likeness (QED) is 0.775. The predicted octanol–water partition coefficient (Wildman–Crippen LogP) is 4.41. The summed E-state index contributed by atoms with van der Waals surface area (Å²) in [5.74, 6) is -0.187. The molecule has 0 heterocycles. The van der Waals surface area contributed by atoms with E-state index in [0.717, 1.165) is 12.0 Å². The van der Waals surface area contributed by atoms with E-state index in [1.807, 2.05) is 24.3 Å². The lowest BCUT2D eigenvalue weighted by Gasteiger charge is -2.21. The van der Waals surface area contributed by atoms with Crippen molar-refractivity contribution >= 4 is 40.7 Å². The van der Waals surface area contributed by atoms with Gasteiger partial charge < -0.3 is 10.2 Å². The van der Waals surface area contributed by atoms with Gasteiger partial charge in [0.15, 0.2) is 0 Å². The summed E-state index contributed by atoms with van der Waals surface area (Å²) in [4.78, 5) is 25.5. The van der Waals surface area contributed by atoms with Crippen LogP contribution in [0.25, 0.3) is 0 Å². The minimum Gasteiger partial charge on any atom is -0.342 e. The fourth-order valence-corrected chi connectivity index (χ4v) is 2.59. The number of halogens is 2. The molecule has 0 unspecified atom stereocenters. The maximum Gasteiger partial charge on any atom is 0.226 e. The van der Waals surface area contributed by atoms with Gasteiger partial charge in [-0.25, -0.2) is 0 Å². The summed E-state index contributed by atoms with van der Waals surface area (Å²) in [6, 6.07) is 14.4. The molecule has 0 radical (unpaired) electrons. The molecule has 0 aliphatic carbocycles. The van der Waals surface area contributed by atoms with Crippen LogP contribution in [0.2, 0.25) is 10.0 Å². The largest absolute Gasteiger partial charge is 0.342 e. The highest BCUT2D eigenvalue weighted by Crippen LogP contribution is 2.14. The summed E-state index contributed by atoms with van der Waals surface area (Å²) >= 11 is 11.7. The summed E-state index contributed by atoms with van der Waals surface area (Å²) in [6.07, 6.45) is 0.957. The SMILES string of the molecule is CC(=O)N(CCC(=O)Nc1ccc(Cl)cc1)CCc1ccc(Cl)cc1. The van der Waals surface area contributed by atoms with Crippen LogP contribution in [0.4, 0.5) is 5.69 Å². The average molecular weight is 379 g/mol. The maximum absolute atomic E-state index is 12.0. The van der Waals surface area contributed by atoms with E-state index < -0.39 is 0 Å². The van der Waals surface area contributed by atoms with Crippen LogP contribution in [-0.4, -0.2) is 29.8 Å². The van der Waals surface area contributed by atoms with Gasteiger partial charge in [-0.2, -0.15) is 0 Å². The molecule has 0 saturated heterocycles. The normalized spacial score (nSPS) is 10.4. The first-order valence-electron chi connectivity index (χ1n) is 7.99. The summed E-state index contributed by atoms with van der Waals surface area (Å²) in [5, 5.41) is 4.09. The number of anilines is 1. The molecule has 0 atom stereocenters. The van der Waals surface area contributed by atoms with Gasteiger partial charge in [-0.3, -0.25) is 9.59 Å². The summed E-state index contributed by atoms with van der Waals surface area (Å²) < 4.78 is 0. The Hall–Kier alpha value is -2.04. The number of rotatable bonds is 7. The topological polar surface area (TPSA) is 49.4 Å². The van der Waals surface area contributed by atoms with Gasteiger partial charge in [0.2, 0.25) is 11.8 Å². The zero-order valence-corrected chi connectivity index (χ0v) is 15.5. The minimum absolute atomic E-state index is 0.0479. The zero-order valence-electron chi connectivity index (χ0n) is 14.0.